The molecule has 5 heteroatoms. The molecule has 122 valence electrons. The van der Waals surface area contributed by atoms with Crippen LogP contribution < -0.4 is 10.2 Å². The van der Waals surface area contributed by atoms with Crippen molar-refractivity contribution >= 4 is 28.5 Å². The van der Waals surface area contributed by atoms with Gasteiger partial charge in [0.1, 0.15) is 5.58 Å². The van der Waals surface area contributed by atoms with E-state index in [2.05, 4.69) is 0 Å². The number of aryl methyl sites for hydroxylation is 1. The maximum absolute atomic E-state index is 12.8. The van der Waals surface area contributed by atoms with E-state index in [1.807, 2.05) is 13.0 Å². The van der Waals surface area contributed by atoms with Crippen molar-refractivity contribution in [2.24, 2.45) is 0 Å². The average molecular weight is 343 g/mol. The van der Waals surface area contributed by atoms with Gasteiger partial charge in [-0.2, -0.15) is 0 Å². The minimum absolute atomic E-state index is 0.0951. The first-order valence-corrected chi connectivity index (χ1v) is 7.91. The van der Waals surface area contributed by atoms with Crippen molar-refractivity contribution in [1.29, 1.82) is 0 Å². The zero-order valence-corrected chi connectivity index (χ0v) is 14.0. The first-order chi connectivity index (χ1) is 11.5. The van der Waals surface area contributed by atoms with Crippen molar-refractivity contribution < 1.29 is 13.9 Å². The molecule has 3 rings (SSSR count). The van der Waals surface area contributed by atoms with Crippen molar-refractivity contribution in [1.82, 2.24) is 0 Å². The van der Waals surface area contributed by atoms with E-state index in [4.69, 9.17) is 20.8 Å². The Morgan fingerprint density at radius 3 is 2.54 bits per heavy atom. The molecule has 0 amide bonds. The highest BCUT2D eigenvalue weighted by atomic mass is 35.5. The van der Waals surface area contributed by atoms with E-state index in [-0.39, 0.29) is 23.4 Å². The Labute approximate surface area is 143 Å². The van der Waals surface area contributed by atoms with Crippen LogP contribution in [-0.2, 0) is 4.79 Å². The smallest absolute Gasteiger partial charge is 0.311 e. The van der Waals surface area contributed by atoms with Gasteiger partial charge < -0.3 is 9.15 Å². The lowest BCUT2D eigenvalue weighted by Gasteiger charge is -2.10. The SMILES string of the molecule is CCC(=O)Oc1c(-c2ccc(Cl)cc2)oc2ccc(C)cc2c1=O. The maximum Gasteiger partial charge on any atom is 0.311 e. The maximum atomic E-state index is 12.8. The highest BCUT2D eigenvalue weighted by Gasteiger charge is 2.20. The quantitative estimate of drug-likeness (QED) is 0.645. The van der Waals surface area contributed by atoms with Crippen LogP contribution in [-0.4, -0.2) is 5.97 Å². The molecule has 4 nitrogen and oxygen atoms in total. The lowest BCUT2D eigenvalue weighted by atomic mass is 10.1. The molecule has 0 unspecified atom stereocenters. The molecule has 0 aliphatic carbocycles. The van der Waals surface area contributed by atoms with Crippen LogP contribution in [0.2, 0.25) is 5.02 Å². The molecule has 24 heavy (non-hydrogen) atoms. The van der Waals surface area contributed by atoms with Crippen molar-refractivity contribution in [2.75, 3.05) is 0 Å². The van der Waals surface area contributed by atoms with E-state index < -0.39 is 5.97 Å². The van der Waals surface area contributed by atoms with Crippen LogP contribution in [0.3, 0.4) is 0 Å². The van der Waals surface area contributed by atoms with Crippen molar-refractivity contribution in [3.05, 3.63) is 63.3 Å². The highest BCUT2D eigenvalue weighted by Crippen LogP contribution is 2.32. The number of ether oxygens (including phenoxy) is 1. The average Bonchev–Trinajstić information content (AvgIpc) is 2.58. The van der Waals surface area contributed by atoms with Gasteiger partial charge in [-0.25, -0.2) is 0 Å². The summed E-state index contributed by atoms with van der Waals surface area (Å²) in [5, 5.41) is 0.941. The number of hydrogen-bond acceptors (Lipinski definition) is 4. The standard InChI is InChI=1S/C19H15ClO4/c1-3-16(21)24-19-17(22)14-10-11(2)4-9-15(14)23-18(19)12-5-7-13(20)8-6-12/h4-10H,3H2,1-2H3. The minimum atomic E-state index is -0.496. The predicted molar refractivity (Wildman–Crippen MR) is 93.6 cm³/mol. The summed E-state index contributed by atoms with van der Waals surface area (Å²) in [6, 6.07) is 12.1. The number of rotatable bonds is 3. The Hall–Kier alpha value is -2.59. The topological polar surface area (TPSA) is 56.5 Å². The van der Waals surface area contributed by atoms with E-state index in [9.17, 15) is 9.59 Å². The monoisotopic (exact) mass is 342 g/mol. The number of esters is 1. The summed E-state index contributed by atoms with van der Waals surface area (Å²) in [7, 11) is 0. The van der Waals surface area contributed by atoms with Gasteiger partial charge >= 0.3 is 5.97 Å². The van der Waals surface area contributed by atoms with Crippen molar-refractivity contribution in [2.45, 2.75) is 20.3 Å². The van der Waals surface area contributed by atoms with Crippen LogP contribution >= 0.6 is 11.6 Å². The number of carbonyl (C=O) groups is 1. The summed E-state index contributed by atoms with van der Waals surface area (Å²) in [6.07, 6.45) is 0.158. The van der Waals surface area contributed by atoms with Gasteiger partial charge in [-0.1, -0.05) is 30.2 Å². The third-order valence-corrected chi connectivity index (χ3v) is 3.87. The van der Waals surface area contributed by atoms with Crippen molar-refractivity contribution in [3.63, 3.8) is 0 Å². The molecule has 3 aromatic rings. The molecule has 0 atom stereocenters. The molecule has 0 fully saturated rings. The summed E-state index contributed by atoms with van der Waals surface area (Å²) in [5.41, 5.74) is 1.60. The second kappa shape index (κ2) is 6.49. The third kappa shape index (κ3) is 3.05. The van der Waals surface area contributed by atoms with Crippen LogP contribution in [0.1, 0.15) is 18.9 Å². The summed E-state index contributed by atoms with van der Waals surface area (Å²) in [6.45, 7) is 3.54. The molecule has 0 saturated carbocycles. The van der Waals surface area contributed by atoms with Gasteiger partial charge in [-0.15, -0.1) is 0 Å². The number of carbonyl (C=O) groups excluding carboxylic acids is 1. The zero-order valence-electron chi connectivity index (χ0n) is 13.3. The lowest BCUT2D eigenvalue weighted by Crippen LogP contribution is -2.15. The molecular weight excluding hydrogens is 328 g/mol. The number of halogens is 1. The Kier molecular flexibility index (Phi) is 4.40. The molecule has 0 spiro atoms. The van der Waals surface area contributed by atoms with E-state index in [1.54, 1.807) is 43.3 Å². The second-order valence-electron chi connectivity index (χ2n) is 5.42. The molecule has 1 heterocycles. The lowest BCUT2D eigenvalue weighted by molar-refractivity contribution is -0.134. The van der Waals surface area contributed by atoms with Gasteiger partial charge in [0.15, 0.2) is 5.76 Å². The van der Waals surface area contributed by atoms with Gasteiger partial charge in [-0.05, 0) is 43.3 Å². The Morgan fingerprint density at radius 2 is 1.88 bits per heavy atom. The third-order valence-electron chi connectivity index (χ3n) is 3.62. The number of hydrogen-bond donors (Lipinski definition) is 0. The van der Waals surface area contributed by atoms with Gasteiger partial charge in [0.25, 0.3) is 0 Å². The summed E-state index contributed by atoms with van der Waals surface area (Å²) in [5.74, 6) is -0.374. The summed E-state index contributed by atoms with van der Waals surface area (Å²) < 4.78 is 11.2. The van der Waals surface area contributed by atoms with Crippen LogP contribution in [0.4, 0.5) is 0 Å². The van der Waals surface area contributed by atoms with E-state index in [1.165, 1.54) is 0 Å². The predicted octanol–water partition coefficient (Wildman–Crippen LogP) is 4.74. The van der Waals surface area contributed by atoms with Gasteiger partial charge in [-0.3, -0.25) is 9.59 Å². The zero-order chi connectivity index (χ0) is 17.3. The fourth-order valence-corrected chi connectivity index (χ4v) is 2.49. The Bertz CT molecular complexity index is 971. The number of benzene rings is 2. The van der Waals surface area contributed by atoms with Crippen LogP contribution in [0, 0.1) is 6.92 Å². The Balaban J connectivity index is 2.31. The molecule has 0 aliphatic heterocycles. The molecule has 0 radical (unpaired) electrons. The second-order valence-corrected chi connectivity index (χ2v) is 5.86. The Morgan fingerprint density at radius 1 is 1.17 bits per heavy atom. The van der Waals surface area contributed by atoms with Crippen LogP contribution in [0.5, 0.6) is 5.75 Å². The van der Waals surface area contributed by atoms with E-state index >= 15 is 0 Å². The molecule has 0 bridgehead atoms. The van der Waals surface area contributed by atoms with Crippen LogP contribution in [0.15, 0.2) is 51.7 Å². The fourth-order valence-electron chi connectivity index (χ4n) is 2.36. The fraction of sp³-hybridized carbons (Fsp3) is 0.158. The molecule has 1 aromatic heterocycles. The first-order valence-electron chi connectivity index (χ1n) is 7.53. The molecule has 0 saturated heterocycles. The minimum Gasteiger partial charge on any atom is -0.452 e. The summed E-state index contributed by atoms with van der Waals surface area (Å²) in [4.78, 5) is 24.6. The number of fused-ring (bicyclic) bond motifs is 1. The molecule has 0 aliphatic rings. The van der Waals surface area contributed by atoms with Crippen LogP contribution in [0.25, 0.3) is 22.3 Å². The van der Waals surface area contributed by atoms with Gasteiger partial charge in [0, 0.05) is 17.0 Å². The molecule has 0 N–H and O–H groups in total. The van der Waals surface area contributed by atoms with Gasteiger partial charge in [0.2, 0.25) is 11.2 Å². The summed E-state index contributed by atoms with van der Waals surface area (Å²) >= 11 is 5.91. The largest absolute Gasteiger partial charge is 0.452 e. The molecule has 2 aromatic carbocycles. The normalized spacial score (nSPS) is 10.8. The van der Waals surface area contributed by atoms with E-state index in [0.717, 1.165) is 5.56 Å². The van der Waals surface area contributed by atoms with Crippen molar-refractivity contribution in [3.8, 4) is 17.1 Å². The van der Waals surface area contributed by atoms with Gasteiger partial charge in [0.05, 0.1) is 5.39 Å². The highest BCUT2D eigenvalue weighted by molar-refractivity contribution is 6.30. The molecular formula is C19H15ClO4. The van der Waals surface area contributed by atoms with E-state index in [0.29, 0.717) is 21.6 Å². The first kappa shape index (κ1) is 16.3.